The SMILES string of the molecule is CCCCCO[C@@H]1O[C@](Br)(CO)[C@@](O)(Cl)[C@@](O)(c2c[nH]c3ccccc23)[C@H]1O. The number of rotatable bonds is 7. The Kier molecular flexibility index (Phi) is 6.44. The molecule has 0 unspecified atom stereocenters. The maximum absolute atomic E-state index is 11.6. The lowest BCUT2D eigenvalue weighted by Gasteiger charge is -2.55. The topological polar surface area (TPSA) is 115 Å². The van der Waals surface area contributed by atoms with Crippen molar-refractivity contribution < 1.29 is 29.9 Å². The summed E-state index contributed by atoms with van der Waals surface area (Å²) in [6, 6.07) is 7.07. The van der Waals surface area contributed by atoms with Crippen molar-refractivity contribution in [1.82, 2.24) is 4.98 Å². The molecule has 1 aliphatic rings. The molecule has 0 aliphatic carbocycles. The fourth-order valence-electron chi connectivity index (χ4n) is 3.55. The fraction of sp³-hybridized carbons (Fsp3) is 0.579. The van der Waals surface area contributed by atoms with Gasteiger partial charge in [-0.05, 0) is 28.4 Å². The number of alkyl halides is 2. The quantitative estimate of drug-likeness (QED) is 0.308. The third-order valence-corrected chi connectivity index (χ3v) is 7.06. The lowest BCUT2D eigenvalue weighted by molar-refractivity contribution is -0.357. The van der Waals surface area contributed by atoms with Crippen LogP contribution in [-0.4, -0.2) is 60.6 Å². The maximum Gasteiger partial charge on any atom is 0.216 e. The second kappa shape index (κ2) is 8.20. The monoisotopic (exact) mass is 477 g/mol. The van der Waals surface area contributed by atoms with Crippen LogP contribution in [0.15, 0.2) is 30.5 Å². The van der Waals surface area contributed by atoms with Gasteiger partial charge in [-0.3, -0.25) is 0 Å². The van der Waals surface area contributed by atoms with Crippen molar-refractivity contribution in [2.75, 3.05) is 13.2 Å². The number of halogens is 2. The summed E-state index contributed by atoms with van der Waals surface area (Å²) in [4.78, 5) is 2.99. The number of aliphatic hydroxyl groups excluding tert-OH is 2. The third-order valence-electron chi connectivity index (χ3n) is 5.22. The largest absolute Gasteiger partial charge is 0.392 e. The zero-order valence-corrected chi connectivity index (χ0v) is 17.8. The van der Waals surface area contributed by atoms with Crippen LogP contribution in [0.5, 0.6) is 0 Å². The van der Waals surface area contributed by atoms with Crippen molar-refractivity contribution in [3.63, 3.8) is 0 Å². The van der Waals surface area contributed by atoms with E-state index in [1.165, 1.54) is 6.20 Å². The van der Waals surface area contributed by atoms with Crippen LogP contribution in [0, 0.1) is 0 Å². The summed E-state index contributed by atoms with van der Waals surface area (Å²) < 4.78 is 9.24. The number of benzene rings is 1. The van der Waals surface area contributed by atoms with E-state index in [2.05, 4.69) is 20.9 Å². The van der Waals surface area contributed by atoms with Gasteiger partial charge in [-0.2, -0.15) is 0 Å². The van der Waals surface area contributed by atoms with Crippen LogP contribution in [0.2, 0.25) is 0 Å². The Morgan fingerprint density at radius 3 is 2.68 bits per heavy atom. The summed E-state index contributed by atoms with van der Waals surface area (Å²) in [7, 11) is 0. The van der Waals surface area contributed by atoms with Gasteiger partial charge in [0.15, 0.2) is 16.4 Å². The molecule has 0 amide bonds. The van der Waals surface area contributed by atoms with E-state index in [0.29, 0.717) is 10.9 Å². The average Bonchev–Trinajstić information content (AvgIpc) is 3.12. The number of ether oxygens (including phenoxy) is 2. The summed E-state index contributed by atoms with van der Waals surface area (Å²) in [5.74, 6) is 0. The van der Waals surface area contributed by atoms with E-state index >= 15 is 0 Å². The Bertz CT molecular complexity index is 817. The van der Waals surface area contributed by atoms with Gasteiger partial charge < -0.3 is 34.9 Å². The van der Waals surface area contributed by atoms with Crippen molar-refractivity contribution in [2.24, 2.45) is 0 Å². The summed E-state index contributed by atoms with van der Waals surface area (Å²) in [5, 5.41) is 41.5. The number of aliphatic hydroxyl groups is 4. The highest BCUT2D eigenvalue weighted by molar-refractivity contribution is 9.10. The van der Waals surface area contributed by atoms with Crippen LogP contribution in [0.4, 0.5) is 0 Å². The molecule has 9 heteroatoms. The van der Waals surface area contributed by atoms with Crippen LogP contribution in [0.1, 0.15) is 31.7 Å². The number of H-pyrrole nitrogens is 1. The molecule has 1 saturated heterocycles. The first kappa shape index (κ1) is 22.0. The van der Waals surface area contributed by atoms with Crippen molar-refractivity contribution in [3.05, 3.63) is 36.0 Å². The molecular formula is C19H25BrClNO6. The molecule has 1 fully saturated rings. The standard InChI is InChI=1S/C19H25BrClNO6/c1-2-3-6-9-27-16-15(24)18(25,19(21,26)17(20,11-23)28-16)13-10-22-14-8-5-4-7-12(13)14/h4-5,7-8,10,15-16,22-26H,2-3,6,9,11H2,1H3/t15-,16+,17+,18+,19-/m0/s1. The molecule has 0 spiro atoms. The van der Waals surface area contributed by atoms with Gasteiger partial charge in [0.05, 0.1) is 6.61 Å². The van der Waals surface area contributed by atoms with Crippen molar-refractivity contribution >= 4 is 38.4 Å². The van der Waals surface area contributed by atoms with Crippen LogP contribution < -0.4 is 0 Å². The van der Waals surface area contributed by atoms with E-state index in [1.807, 2.05) is 13.0 Å². The number of hydrogen-bond acceptors (Lipinski definition) is 6. The molecule has 7 nitrogen and oxygen atoms in total. The molecule has 2 heterocycles. The van der Waals surface area contributed by atoms with E-state index in [4.69, 9.17) is 21.1 Å². The molecule has 0 bridgehead atoms. The van der Waals surface area contributed by atoms with Gasteiger partial charge in [0.25, 0.3) is 0 Å². The molecule has 1 aromatic heterocycles. The van der Waals surface area contributed by atoms with Crippen LogP contribution in [0.3, 0.4) is 0 Å². The molecule has 1 aromatic carbocycles. The van der Waals surface area contributed by atoms with Gasteiger partial charge in [-0.15, -0.1) is 0 Å². The van der Waals surface area contributed by atoms with Gasteiger partial charge >= 0.3 is 0 Å². The number of para-hydroxylation sites is 1. The second-order valence-electron chi connectivity index (χ2n) is 7.03. The molecule has 0 saturated carbocycles. The molecule has 1 aliphatic heterocycles. The Balaban J connectivity index is 2.06. The lowest BCUT2D eigenvalue weighted by atomic mass is 9.77. The minimum atomic E-state index is -2.62. The average molecular weight is 479 g/mol. The van der Waals surface area contributed by atoms with Crippen molar-refractivity contribution in [3.8, 4) is 0 Å². The van der Waals surface area contributed by atoms with Crippen LogP contribution >= 0.6 is 27.5 Å². The summed E-state index contributed by atoms with van der Waals surface area (Å²) >= 11 is 9.48. The van der Waals surface area contributed by atoms with E-state index in [0.717, 1.165) is 19.3 Å². The predicted octanol–water partition coefficient (Wildman–Crippen LogP) is 2.29. The third kappa shape index (κ3) is 3.30. The highest BCUT2D eigenvalue weighted by atomic mass is 79.9. The van der Waals surface area contributed by atoms with Gasteiger partial charge in [-0.25, -0.2) is 0 Å². The first-order valence-electron chi connectivity index (χ1n) is 9.20. The predicted molar refractivity (Wildman–Crippen MR) is 108 cm³/mol. The number of unbranched alkanes of at least 4 members (excludes halogenated alkanes) is 2. The van der Waals surface area contributed by atoms with Gasteiger partial charge in [0.1, 0.15) is 6.10 Å². The highest BCUT2D eigenvalue weighted by Crippen LogP contribution is 2.55. The van der Waals surface area contributed by atoms with Crippen molar-refractivity contribution in [1.29, 1.82) is 0 Å². The zero-order chi connectivity index (χ0) is 20.6. The van der Waals surface area contributed by atoms with Crippen LogP contribution in [-0.2, 0) is 15.1 Å². The maximum atomic E-state index is 11.6. The van der Waals surface area contributed by atoms with E-state index in [9.17, 15) is 20.4 Å². The summed E-state index contributed by atoms with van der Waals surface area (Å²) in [6.45, 7) is 1.54. The molecule has 156 valence electrons. The second-order valence-corrected chi connectivity index (χ2v) is 8.86. The first-order chi connectivity index (χ1) is 13.2. The molecule has 5 atom stereocenters. The Hall–Kier alpha value is -0.710. The number of fused-ring (bicyclic) bond motifs is 1. The number of aromatic amines is 1. The highest BCUT2D eigenvalue weighted by Gasteiger charge is 2.72. The van der Waals surface area contributed by atoms with E-state index in [-0.39, 0.29) is 12.2 Å². The minimum Gasteiger partial charge on any atom is -0.392 e. The number of nitrogens with one attached hydrogen (secondary N) is 1. The molecule has 0 radical (unpaired) electrons. The Morgan fingerprint density at radius 1 is 1.29 bits per heavy atom. The lowest BCUT2D eigenvalue weighted by Crippen LogP contribution is -2.74. The minimum absolute atomic E-state index is 0.163. The van der Waals surface area contributed by atoms with Gasteiger partial charge in [-0.1, -0.05) is 49.6 Å². The molecular weight excluding hydrogens is 454 g/mol. The molecule has 5 N–H and O–H groups in total. The Morgan fingerprint density at radius 2 is 2.00 bits per heavy atom. The van der Waals surface area contributed by atoms with E-state index < -0.39 is 34.2 Å². The van der Waals surface area contributed by atoms with E-state index in [1.54, 1.807) is 18.2 Å². The normalized spacial score (nSPS) is 36.1. The van der Waals surface area contributed by atoms with Gasteiger partial charge in [0.2, 0.25) is 5.06 Å². The molecule has 2 aromatic rings. The van der Waals surface area contributed by atoms with Crippen molar-refractivity contribution in [2.45, 2.75) is 53.8 Å². The number of aromatic nitrogens is 1. The van der Waals surface area contributed by atoms with Gasteiger partial charge in [0, 0.05) is 29.3 Å². The number of hydrogen-bond donors (Lipinski definition) is 5. The zero-order valence-electron chi connectivity index (χ0n) is 15.4. The summed E-state index contributed by atoms with van der Waals surface area (Å²) in [6.07, 6.45) is 1.04. The fourth-order valence-corrected chi connectivity index (χ4v) is 4.35. The summed E-state index contributed by atoms with van der Waals surface area (Å²) in [5.41, 5.74) is -1.58. The first-order valence-corrected chi connectivity index (χ1v) is 10.4. The molecule has 3 rings (SSSR count). The molecule has 28 heavy (non-hydrogen) atoms. The smallest absolute Gasteiger partial charge is 0.216 e. The Labute approximate surface area is 176 Å². The van der Waals surface area contributed by atoms with Crippen LogP contribution in [0.25, 0.3) is 10.9 Å².